The quantitative estimate of drug-likeness (QED) is 0.283. The summed E-state index contributed by atoms with van der Waals surface area (Å²) in [6, 6.07) is 14.5. The molecule has 0 saturated heterocycles. The second-order valence-electron chi connectivity index (χ2n) is 7.92. The van der Waals surface area contributed by atoms with Crippen molar-refractivity contribution in [3.8, 4) is 23.0 Å². The van der Waals surface area contributed by atoms with Crippen LogP contribution in [0.5, 0.6) is 23.0 Å². The molecule has 1 heterocycles. The largest absolute Gasteiger partial charge is 0.497 e. The minimum Gasteiger partial charge on any atom is -0.497 e. The highest BCUT2D eigenvalue weighted by atomic mass is 16.6. The Hall–Kier alpha value is -3.94. The fourth-order valence-corrected chi connectivity index (χ4v) is 3.78. The molecule has 0 fully saturated rings. The number of esters is 1. The first-order valence-corrected chi connectivity index (χ1v) is 11.2. The van der Waals surface area contributed by atoms with Crippen molar-refractivity contribution in [3.63, 3.8) is 0 Å². The summed E-state index contributed by atoms with van der Waals surface area (Å²) in [4.78, 5) is 24.8. The molecular formula is C27H31NO7. The molecule has 3 rings (SSSR count). The predicted octanol–water partition coefficient (Wildman–Crippen LogP) is 4.18. The summed E-state index contributed by atoms with van der Waals surface area (Å²) in [6.07, 6.45) is 0.752. The van der Waals surface area contributed by atoms with Gasteiger partial charge in [-0.05, 0) is 68.3 Å². The van der Waals surface area contributed by atoms with Crippen LogP contribution in [0.2, 0.25) is 0 Å². The second-order valence-corrected chi connectivity index (χ2v) is 7.92. The summed E-state index contributed by atoms with van der Waals surface area (Å²) in [6.45, 7) is 3.90. The van der Waals surface area contributed by atoms with Crippen LogP contribution in [0.25, 0.3) is 0 Å². The van der Waals surface area contributed by atoms with Crippen molar-refractivity contribution in [2.75, 3.05) is 34.5 Å². The maximum Gasteiger partial charge on any atom is 0.344 e. The zero-order chi connectivity index (χ0) is 25.4. The van der Waals surface area contributed by atoms with Gasteiger partial charge in [-0.1, -0.05) is 6.07 Å². The van der Waals surface area contributed by atoms with Crippen molar-refractivity contribution < 1.29 is 33.3 Å². The van der Waals surface area contributed by atoms with Crippen LogP contribution in [-0.4, -0.2) is 50.9 Å². The lowest BCUT2D eigenvalue weighted by Crippen LogP contribution is -2.20. The number of carbonyl (C=O) groups is 2. The van der Waals surface area contributed by atoms with Crippen LogP contribution in [0.4, 0.5) is 0 Å². The van der Waals surface area contributed by atoms with Gasteiger partial charge in [-0.3, -0.25) is 4.79 Å². The van der Waals surface area contributed by atoms with E-state index in [0.29, 0.717) is 35.1 Å². The van der Waals surface area contributed by atoms with Crippen molar-refractivity contribution in [1.82, 2.24) is 4.57 Å². The van der Waals surface area contributed by atoms with Crippen molar-refractivity contribution in [3.05, 3.63) is 71.0 Å². The molecule has 35 heavy (non-hydrogen) atoms. The van der Waals surface area contributed by atoms with Crippen LogP contribution in [0.1, 0.15) is 27.3 Å². The van der Waals surface area contributed by atoms with Crippen LogP contribution >= 0.6 is 0 Å². The van der Waals surface area contributed by atoms with E-state index >= 15 is 0 Å². The van der Waals surface area contributed by atoms with E-state index in [1.165, 1.54) is 0 Å². The molecule has 0 saturated carbocycles. The first-order valence-electron chi connectivity index (χ1n) is 11.2. The molecule has 1 aromatic heterocycles. The first-order chi connectivity index (χ1) is 16.9. The maximum atomic E-state index is 12.7. The lowest BCUT2D eigenvalue weighted by molar-refractivity contribution is -0.144. The normalized spacial score (nSPS) is 10.5. The van der Waals surface area contributed by atoms with Crippen molar-refractivity contribution in [2.24, 2.45) is 0 Å². The maximum absolute atomic E-state index is 12.7. The minimum absolute atomic E-state index is 0.256. The van der Waals surface area contributed by atoms with Gasteiger partial charge in [-0.2, -0.15) is 0 Å². The Bertz CT molecular complexity index is 1170. The van der Waals surface area contributed by atoms with Gasteiger partial charge in [-0.15, -0.1) is 0 Å². The van der Waals surface area contributed by atoms with E-state index < -0.39 is 5.97 Å². The third kappa shape index (κ3) is 6.56. The highest BCUT2D eigenvalue weighted by Crippen LogP contribution is 2.28. The summed E-state index contributed by atoms with van der Waals surface area (Å²) in [5.41, 5.74) is 3.42. The number of Topliss-reactive ketones (excluding diaryl/α,β-unsaturated/α-hetero) is 1. The number of rotatable bonds is 12. The average molecular weight is 482 g/mol. The SMILES string of the molecule is COc1ccc(OCC(=O)OCC(=O)c2cc(C)n(CCc3ccc(OC)c(OC)c3)c2C)cc1. The van der Waals surface area contributed by atoms with E-state index in [9.17, 15) is 9.59 Å². The molecule has 0 bridgehead atoms. The molecule has 3 aromatic rings. The predicted molar refractivity (Wildman–Crippen MR) is 131 cm³/mol. The highest BCUT2D eigenvalue weighted by molar-refractivity contribution is 5.99. The topological polar surface area (TPSA) is 85.2 Å². The fourth-order valence-electron chi connectivity index (χ4n) is 3.78. The molecule has 0 aliphatic heterocycles. The van der Waals surface area contributed by atoms with Crippen molar-refractivity contribution in [1.29, 1.82) is 0 Å². The fraction of sp³-hybridized carbons (Fsp3) is 0.333. The first kappa shape index (κ1) is 25.7. The molecule has 0 unspecified atom stereocenters. The molecule has 186 valence electrons. The molecule has 0 aliphatic carbocycles. The number of nitrogens with zero attached hydrogens (tertiary/aromatic N) is 1. The average Bonchev–Trinajstić information content (AvgIpc) is 3.17. The van der Waals surface area contributed by atoms with E-state index in [1.54, 1.807) is 45.6 Å². The molecule has 0 atom stereocenters. The van der Waals surface area contributed by atoms with Gasteiger partial charge in [0.1, 0.15) is 11.5 Å². The van der Waals surface area contributed by atoms with E-state index in [-0.39, 0.29) is 19.0 Å². The number of ketones is 1. The third-order valence-corrected chi connectivity index (χ3v) is 5.73. The number of hydrogen-bond donors (Lipinski definition) is 0. The van der Waals surface area contributed by atoms with Gasteiger partial charge >= 0.3 is 5.97 Å². The highest BCUT2D eigenvalue weighted by Gasteiger charge is 2.18. The number of methoxy groups -OCH3 is 3. The van der Waals surface area contributed by atoms with Gasteiger partial charge in [-0.25, -0.2) is 4.79 Å². The third-order valence-electron chi connectivity index (χ3n) is 5.73. The zero-order valence-electron chi connectivity index (χ0n) is 20.8. The number of hydrogen-bond acceptors (Lipinski definition) is 7. The molecule has 8 heteroatoms. The summed E-state index contributed by atoms with van der Waals surface area (Å²) in [7, 11) is 4.78. The molecule has 0 N–H and O–H groups in total. The van der Waals surface area contributed by atoms with Crippen LogP contribution in [0.3, 0.4) is 0 Å². The minimum atomic E-state index is -0.614. The van der Waals surface area contributed by atoms with Crippen LogP contribution in [0, 0.1) is 13.8 Å². The Kier molecular flexibility index (Phi) is 8.78. The molecule has 2 aromatic carbocycles. The van der Waals surface area contributed by atoms with Gasteiger partial charge in [0, 0.05) is 23.5 Å². The lowest BCUT2D eigenvalue weighted by atomic mass is 10.1. The summed E-state index contributed by atoms with van der Waals surface area (Å²) >= 11 is 0. The van der Waals surface area contributed by atoms with E-state index in [2.05, 4.69) is 4.57 Å². The molecule has 0 spiro atoms. The summed E-state index contributed by atoms with van der Waals surface area (Å²) in [5.74, 6) is 1.68. The molecule has 0 aliphatic rings. The van der Waals surface area contributed by atoms with Crippen molar-refractivity contribution >= 4 is 11.8 Å². The van der Waals surface area contributed by atoms with Gasteiger partial charge in [0.05, 0.1) is 21.3 Å². The monoisotopic (exact) mass is 481 g/mol. The zero-order valence-corrected chi connectivity index (χ0v) is 20.8. The van der Waals surface area contributed by atoms with Gasteiger partial charge in [0.25, 0.3) is 0 Å². The van der Waals surface area contributed by atoms with Crippen LogP contribution < -0.4 is 18.9 Å². The van der Waals surface area contributed by atoms with Crippen LogP contribution in [0.15, 0.2) is 48.5 Å². The summed E-state index contributed by atoms with van der Waals surface area (Å²) < 4.78 is 28.4. The number of ether oxygens (including phenoxy) is 5. The Morgan fingerprint density at radius 3 is 2.14 bits per heavy atom. The van der Waals surface area contributed by atoms with E-state index in [0.717, 1.165) is 23.4 Å². The Labute approximate surface area is 205 Å². The number of aromatic nitrogens is 1. The smallest absolute Gasteiger partial charge is 0.344 e. The van der Waals surface area contributed by atoms with Crippen LogP contribution in [-0.2, 0) is 22.5 Å². The summed E-state index contributed by atoms with van der Waals surface area (Å²) in [5, 5.41) is 0. The van der Waals surface area contributed by atoms with Gasteiger partial charge in [0.15, 0.2) is 24.7 Å². The van der Waals surface area contributed by atoms with Gasteiger partial charge < -0.3 is 28.3 Å². The van der Waals surface area contributed by atoms with Gasteiger partial charge in [0.2, 0.25) is 5.78 Å². The standard InChI is InChI=1S/C27H31NO7/c1-18-14-23(19(2)28(18)13-12-20-6-11-25(32-4)26(15-20)33-5)24(29)16-35-27(30)17-34-22-9-7-21(31-3)8-10-22/h6-11,14-15H,12-13,16-17H2,1-5H3. The molecule has 0 amide bonds. The molecule has 0 radical (unpaired) electrons. The Morgan fingerprint density at radius 2 is 1.49 bits per heavy atom. The Balaban J connectivity index is 1.54. The molecular weight excluding hydrogens is 450 g/mol. The number of benzene rings is 2. The van der Waals surface area contributed by atoms with E-state index in [1.807, 2.05) is 38.1 Å². The Morgan fingerprint density at radius 1 is 0.800 bits per heavy atom. The molecule has 8 nitrogen and oxygen atoms in total. The van der Waals surface area contributed by atoms with E-state index in [4.69, 9.17) is 23.7 Å². The second kappa shape index (κ2) is 12.0. The number of aryl methyl sites for hydroxylation is 2. The number of carbonyl (C=O) groups excluding carboxylic acids is 2. The lowest BCUT2D eigenvalue weighted by Gasteiger charge is -2.12. The van der Waals surface area contributed by atoms with Crippen molar-refractivity contribution in [2.45, 2.75) is 26.8 Å².